The number of rotatable bonds is 2. The Morgan fingerprint density at radius 2 is 1.41 bits per heavy atom. The average molecular weight is 320 g/mol. The maximum atomic E-state index is 13.2. The van der Waals surface area contributed by atoms with Crippen LogP contribution in [-0.4, -0.2) is 6.36 Å². The molecule has 0 aliphatic carbocycles. The molecule has 0 aromatic heterocycles. The van der Waals surface area contributed by atoms with E-state index in [1.807, 2.05) is 0 Å². The van der Waals surface area contributed by atoms with Gasteiger partial charge < -0.3 is 4.74 Å². The van der Waals surface area contributed by atoms with Crippen molar-refractivity contribution in [3.63, 3.8) is 0 Å². The Hall–Kier alpha value is -2.18. The molecule has 0 atom stereocenters. The van der Waals surface area contributed by atoms with Crippen LogP contribution in [0, 0.1) is 6.92 Å². The summed E-state index contributed by atoms with van der Waals surface area (Å²) in [5, 5.41) is 0. The standard InChI is InChI=1S/C15H10F6O/c1-9-5-7-10(8-6-9)11-3-2-4-12(22-15(19,20)21)13(11)14(16,17)18/h2-8H,1H3. The van der Waals surface area contributed by atoms with Crippen LogP contribution >= 0.6 is 0 Å². The monoisotopic (exact) mass is 320 g/mol. The third-order valence-corrected chi connectivity index (χ3v) is 2.90. The molecule has 0 fully saturated rings. The van der Waals surface area contributed by atoms with Gasteiger partial charge in [0.2, 0.25) is 0 Å². The zero-order chi connectivity index (χ0) is 16.5. The Morgan fingerprint density at radius 1 is 0.818 bits per heavy atom. The van der Waals surface area contributed by atoms with Crippen LogP contribution in [0.5, 0.6) is 5.75 Å². The minimum Gasteiger partial charge on any atom is -0.405 e. The summed E-state index contributed by atoms with van der Waals surface area (Å²) in [6.45, 7) is 1.75. The number of hydrogen-bond acceptors (Lipinski definition) is 1. The van der Waals surface area contributed by atoms with E-state index >= 15 is 0 Å². The molecule has 0 heterocycles. The number of halogens is 6. The topological polar surface area (TPSA) is 9.23 Å². The van der Waals surface area contributed by atoms with Gasteiger partial charge in [-0.05, 0) is 24.1 Å². The molecule has 0 N–H and O–H groups in total. The van der Waals surface area contributed by atoms with Gasteiger partial charge in [-0.2, -0.15) is 13.2 Å². The van der Waals surface area contributed by atoms with E-state index < -0.39 is 23.9 Å². The predicted molar refractivity (Wildman–Crippen MR) is 68.3 cm³/mol. The molecule has 0 saturated heterocycles. The second-order valence-electron chi connectivity index (χ2n) is 4.59. The first-order valence-electron chi connectivity index (χ1n) is 6.11. The first-order chi connectivity index (χ1) is 10.1. The minimum atomic E-state index is -5.20. The lowest BCUT2D eigenvalue weighted by Gasteiger charge is -2.18. The minimum absolute atomic E-state index is 0.158. The second-order valence-corrected chi connectivity index (χ2v) is 4.59. The van der Waals surface area contributed by atoms with Crippen LogP contribution in [0.25, 0.3) is 11.1 Å². The summed E-state index contributed by atoms with van der Waals surface area (Å²) in [6, 6.07) is 8.82. The van der Waals surface area contributed by atoms with E-state index in [1.54, 1.807) is 19.1 Å². The lowest BCUT2D eigenvalue weighted by molar-refractivity contribution is -0.276. The quantitative estimate of drug-likeness (QED) is 0.656. The molecule has 22 heavy (non-hydrogen) atoms. The fraction of sp³-hybridized carbons (Fsp3) is 0.200. The van der Waals surface area contributed by atoms with E-state index in [9.17, 15) is 26.3 Å². The smallest absolute Gasteiger partial charge is 0.405 e. The molecule has 0 unspecified atom stereocenters. The van der Waals surface area contributed by atoms with E-state index in [0.717, 1.165) is 17.7 Å². The molecule has 0 radical (unpaired) electrons. The summed E-state index contributed by atoms with van der Waals surface area (Å²) in [6.07, 6.45) is -10.2. The van der Waals surface area contributed by atoms with Crippen molar-refractivity contribution in [2.75, 3.05) is 0 Å². The zero-order valence-corrected chi connectivity index (χ0v) is 11.2. The van der Waals surface area contributed by atoms with E-state index in [4.69, 9.17) is 0 Å². The highest BCUT2D eigenvalue weighted by Gasteiger charge is 2.41. The number of alkyl halides is 6. The van der Waals surface area contributed by atoms with Gasteiger partial charge in [-0.3, -0.25) is 0 Å². The van der Waals surface area contributed by atoms with Crippen molar-refractivity contribution >= 4 is 0 Å². The molecule has 0 aliphatic rings. The van der Waals surface area contributed by atoms with Crippen molar-refractivity contribution in [3.8, 4) is 16.9 Å². The normalized spacial score (nSPS) is 12.3. The van der Waals surface area contributed by atoms with Crippen LogP contribution in [-0.2, 0) is 6.18 Å². The zero-order valence-electron chi connectivity index (χ0n) is 11.2. The molecule has 1 nitrogen and oxygen atoms in total. The van der Waals surface area contributed by atoms with Crippen molar-refractivity contribution in [2.45, 2.75) is 19.5 Å². The van der Waals surface area contributed by atoms with Gasteiger partial charge in [0.25, 0.3) is 0 Å². The number of ether oxygens (including phenoxy) is 1. The van der Waals surface area contributed by atoms with Crippen molar-refractivity contribution < 1.29 is 31.1 Å². The Morgan fingerprint density at radius 3 is 1.91 bits per heavy atom. The van der Waals surface area contributed by atoms with Gasteiger partial charge in [-0.15, -0.1) is 13.2 Å². The predicted octanol–water partition coefficient (Wildman–Crippen LogP) is 5.58. The molecule has 0 spiro atoms. The van der Waals surface area contributed by atoms with Crippen LogP contribution in [0.1, 0.15) is 11.1 Å². The van der Waals surface area contributed by atoms with E-state index in [1.165, 1.54) is 12.1 Å². The van der Waals surface area contributed by atoms with E-state index in [2.05, 4.69) is 4.74 Å². The molecule has 7 heteroatoms. The summed E-state index contributed by atoms with van der Waals surface area (Å²) in [5.41, 5.74) is -0.837. The summed E-state index contributed by atoms with van der Waals surface area (Å²) in [5.74, 6) is -1.27. The van der Waals surface area contributed by atoms with Crippen molar-refractivity contribution in [1.82, 2.24) is 0 Å². The Balaban J connectivity index is 2.64. The van der Waals surface area contributed by atoms with Gasteiger partial charge >= 0.3 is 12.5 Å². The van der Waals surface area contributed by atoms with Crippen molar-refractivity contribution in [1.29, 1.82) is 0 Å². The van der Waals surface area contributed by atoms with Crippen LogP contribution in [0.4, 0.5) is 26.3 Å². The molecule has 118 valence electrons. The molecular formula is C15H10F6O. The van der Waals surface area contributed by atoms with Crippen LogP contribution in [0.15, 0.2) is 42.5 Å². The van der Waals surface area contributed by atoms with Crippen LogP contribution in [0.2, 0.25) is 0 Å². The average Bonchev–Trinajstić information content (AvgIpc) is 2.36. The Kier molecular flexibility index (Phi) is 4.08. The number of benzene rings is 2. The second kappa shape index (κ2) is 5.55. The highest BCUT2D eigenvalue weighted by atomic mass is 19.4. The summed E-state index contributed by atoms with van der Waals surface area (Å²) in [4.78, 5) is 0. The summed E-state index contributed by atoms with van der Waals surface area (Å²) in [7, 11) is 0. The van der Waals surface area contributed by atoms with Crippen molar-refractivity contribution in [3.05, 3.63) is 53.6 Å². The maximum Gasteiger partial charge on any atom is 0.573 e. The van der Waals surface area contributed by atoms with Gasteiger partial charge in [0, 0.05) is 0 Å². The lowest BCUT2D eigenvalue weighted by atomic mass is 9.97. The third-order valence-electron chi connectivity index (χ3n) is 2.90. The summed E-state index contributed by atoms with van der Waals surface area (Å²) < 4.78 is 80.1. The van der Waals surface area contributed by atoms with Crippen LogP contribution < -0.4 is 4.74 Å². The van der Waals surface area contributed by atoms with E-state index in [0.29, 0.717) is 6.07 Å². The van der Waals surface area contributed by atoms with Gasteiger partial charge in [-0.1, -0.05) is 42.0 Å². The molecule has 2 rings (SSSR count). The Labute approximate surface area is 122 Å². The van der Waals surface area contributed by atoms with Gasteiger partial charge in [-0.25, -0.2) is 0 Å². The largest absolute Gasteiger partial charge is 0.573 e. The van der Waals surface area contributed by atoms with Crippen molar-refractivity contribution in [2.24, 2.45) is 0 Å². The molecular weight excluding hydrogens is 310 g/mol. The molecule has 2 aromatic rings. The lowest BCUT2D eigenvalue weighted by Crippen LogP contribution is -2.20. The maximum absolute atomic E-state index is 13.2. The highest BCUT2D eigenvalue weighted by Crippen LogP contribution is 2.44. The molecule has 0 saturated carbocycles. The fourth-order valence-electron chi connectivity index (χ4n) is 2.01. The molecule has 0 aliphatic heterocycles. The molecule has 0 amide bonds. The van der Waals surface area contributed by atoms with Gasteiger partial charge in [0.15, 0.2) is 0 Å². The first kappa shape index (κ1) is 16.2. The third kappa shape index (κ3) is 3.72. The molecule has 0 bridgehead atoms. The van der Waals surface area contributed by atoms with Gasteiger partial charge in [0.05, 0.1) is 0 Å². The fourth-order valence-corrected chi connectivity index (χ4v) is 2.01. The van der Waals surface area contributed by atoms with Gasteiger partial charge in [0.1, 0.15) is 11.3 Å². The summed E-state index contributed by atoms with van der Waals surface area (Å²) >= 11 is 0. The van der Waals surface area contributed by atoms with E-state index in [-0.39, 0.29) is 11.1 Å². The molecule has 2 aromatic carbocycles. The Bertz CT molecular complexity index is 655. The van der Waals surface area contributed by atoms with Crippen LogP contribution in [0.3, 0.4) is 0 Å². The first-order valence-corrected chi connectivity index (χ1v) is 6.11. The SMILES string of the molecule is Cc1ccc(-c2cccc(OC(F)(F)F)c2C(F)(F)F)cc1. The number of aryl methyl sites for hydroxylation is 1. The highest BCUT2D eigenvalue weighted by molar-refractivity contribution is 5.71. The number of hydrogen-bond donors (Lipinski definition) is 0.